The first kappa shape index (κ1) is 16.1. The summed E-state index contributed by atoms with van der Waals surface area (Å²) in [6, 6.07) is 3.33. The summed E-state index contributed by atoms with van der Waals surface area (Å²) in [5.41, 5.74) is 1.23. The summed E-state index contributed by atoms with van der Waals surface area (Å²) >= 11 is 3.16. The summed E-state index contributed by atoms with van der Waals surface area (Å²) in [5, 5.41) is 3.25. The molecule has 0 aliphatic carbocycles. The zero-order valence-electron chi connectivity index (χ0n) is 12.7. The molecule has 1 N–H and O–H groups in total. The van der Waals surface area contributed by atoms with Crippen LogP contribution < -0.4 is 5.32 Å². The maximum atomic E-state index is 13.6. The number of nitrogens with one attached hydrogen (secondary N) is 1. The maximum Gasteiger partial charge on any atom is 0.410 e. The summed E-state index contributed by atoms with van der Waals surface area (Å²) in [6.07, 6.45) is -0.306. The number of hydrogen-bond donors (Lipinski definition) is 1. The topological polar surface area (TPSA) is 41.6 Å². The number of nitrogens with zero attached hydrogens (tertiary/aromatic N) is 1. The minimum Gasteiger partial charge on any atom is -0.444 e. The Balaban J connectivity index is 1.89. The van der Waals surface area contributed by atoms with Gasteiger partial charge in [-0.3, -0.25) is 0 Å². The minimum absolute atomic E-state index is 0.122. The van der Waals surface area contributed by atoms with Crippen LogP contribution in [0.5, 0.6) is 0 Å². The maximum absolute atomic E-state index is 13.6. The second-order valence-electron chi connectivity index (χ2n) is 6.31. The van der Waals surface area contributed by atoms with E-state index in [1.807, 2.05) is 27.7 Å². The molecule has 0 unspecified atom stereocenters. The van der Waals surface area contributed by atoms with E-state index in [2.05, 4.69) is 21.2 Å². The van der Waals surface area contributed by atoms with E-state index in [0.717, 1.165) is 11.3 Å². The molecule has 116 valence electrons. The highest BCUT2D eigenvalue weighted by atomic mass is 79.9. The van der Waals surface area contributed by atoms with Crippen LogP contribution in [0.1, 0.15) is 26.3 Å². The van der Waals surface area contributed by atoms with Gasteiger partial charge in [-0.2, -0.15) is 0 Å². The van der Waals surface area contributed by atoms with Gasteiger partial charge < -0.3 is 15.0 Å². The molecule has 6 heteroatoms. The molecule has 1 aliphatic rings. The lowest BCUT2D eigenvalue weighted by atomic mass is 10.1. The van der Waals surface area contributed by atoms with Gasteiger partial charge in [0.15, 0.2) is 0 Å². The Morgan fingerprint density at radius 3 is 2.62 bits per heavy atom. The van der Waals surface area contributed by atoms with E-state index < -0.39 is 5.60 Å². The number of carbonyl (C=O) groups excluding carboxylic acids is 1. The average molecular weight is 359 g/mol. The molecule has 21 heavy (non-hydrogen) atoms. The van der Waals surface area contributed by atoms with Gasteiger partial charge in [-0.05, 0) is 61.3 Å². The van der Waals surface area contributed by atoms with Crippen LogP contribution in [0.4, 0.5) is 14.9 Å². The van der Waals surface area contributed by atoms with Crippen LogP contribution in [0, 0.1) is 12.7 Å². The predicted octanol–water partition coefficient (Wildman–Crippen LogP) is 3.93. The number of amides is 1. The first-order valence-corrected chi connectivity index (χ1v) is 7.65. The third kappa shape index (κ3) is 4.09. The molecule has 0 spiro atoms. The van der Waals surface area contributed by atoms with Crippen molar-refractivity contribution in [2.45, 2.75) is 39.3 Å². The smallest absolute Gasteiger partial charge is 0.410 e. The van der Waals surface area contributed by atoms with Crippen molar-refractivity contribution >= 4 is 27.7 Å². The van der Waals surface area contributed by atoms with E-state index in [-0.39, 0.29) is 18.0 Å². The Bertz CT molecular complexity index is 551. The molecule has 0 saturated carbocycles. The van der Waals surface area contributed by atoms with Gasteiger partial charge in [0.25, 0.3) is 0 Å². The van der Waals surface area contributed by atoms with Gasteiger partial charge in [-0.25, -0.2) is 9.18 Å². The number of aryl methyl sites for hydroxylation is 1. The molecule has 1 aromatic rings. The fourth-order valence-corrected chi connectivity index (χ4v) is 2.52. The van der Waals surface area contributed by atoms with Gasteiger partial charge in [-0.1, -0.05) is 0 Å². The zero-order valence-corrected chi connectivity index (χ0v) is 14.3. The molecule has 1 heterocycles. The molecular weight excluding hydrogens is 339 g/mol. The fraction of sp³-hybridized carbons (Fsp3) is 0.533. The summed E-state index contributed by atoms with van der Waals surface area (Å²) in [7, 11) is 0. The van der Waals surface area contributed by atoms with Gasteiger partial charge in [-0.15, -0.1) is 0 Å². The van der Waals surface area contributed by atoms with Crippen LogP contribution in [-0.4, -0.2) is 35.7 Å². The number of halogens is 2. The van der Waals surface area contributed by atoms with Crippen molar-refractivity contribution in [2.24, 2.45) is 0 Å². The van der Waals surface area contributed by atoms with E-state index in [9.17, 15) is 9.18 Å². The van der Waals surface area contributed by atoms with Crippen molar-refractivity contribution in [3.63, 3.8) is 0 Å². The summed E-state index contributed by atoms with van der Waals surface area (Å²) in [5.74, 6) is -0.300. The first-order valence-electron chi connectivity index (χ1n) is 6.86. The molecular formula is C15H20BrFN2O2. The van der Waals surface area contributed by atoms with Crippen molar-refractivity contribution in [3.8, 4) is 0 Å². The molecule has 0 bridgehead atoms. The Kier molecular flexibility index (Phi) is 4.46. The summed E-state index contributed by atoms with van der Waals surface area (Å²) in [4.78, 5) is 13.4. The third-order valence-electron chi connectivity index (χ3n) is 3.16. The molecule has 0 radical (unpaired) electrons. The lowest BCUT2D eigenvalue weighted by Gasteiger charge is -2.40. The average Bonchev–Trinajstić information content (AvgIpc) is 2.26. The number of likely N-dealkylation sites (tertiary alicyclic amines) is 1. The van der Waals surface area contributed by atoms with E-state index in [1.165, 1.54) is 6.07 Å². The van der Waals surface area contributed by atoms with Gasteiger partial charge >= 0.3 is 6.09 Å². The first-order chi connectivity index (χ1) is 9.65. The van der Waals surface area contributed by atoms with E-state index >= 15 is 0 Å². The molecule has 2 rings (SSSR count). The Morgan fingerprint density at radius 1 is 1.43 bits per heavy atom. The van der Waals surface area contributed by atoms with Crippen molar-refractivity contribution < 1.29 is 13.9 Å². The number of ether oxygens (including phenoxy) is 1. The van der Waals surface area contributed by atoms with Crippen molar-refractivity contribution in [2.75, 3.05) is 18.4 Å². The number of hydrogen-bond acceptors (Lipinski definition) is 3. The number of rotatable bonds is 2. The SMILES string of the molecule is Cc1cc(Br)c(F)cc1NC1CN(C(=O)OC(C)(C)C)C1. The highest BCUT2D eigenvalue weighted by Crippen LogP contribution is 2.26. The fourth-order valence-electron chi connectivity index (χ4n) is 2.07. The van der Waals surface area contributed by atoms with Gasteiger partial charge in [0.2, 0.25) is 0 Å². The molecule has 1 fully saturated rings. The van der Waals surface area contributed by atoms with Gasteiger partial charge in [0, 0.05) is 18.8 Å². The number of carbonyl (C=O) groups is 1. The third-order valence-corrected chi connectivity index (χ3v) is 3.77. The molecule has 0 aromatic heterocycles. The van der Waals surface area contributed by atoms with E-state index in [1.54, 1.807) is 11.0 Å². The molecule has 1 amide bonds. The van der Waals surface area contributed by atoms with Crippen LogP contribution in [0.2, 0.25) is 0 Å². The van der Waals surface area contributed by atoms with Gasteiger partial charge in [0.05, 0.1) is 10.5 Å². The van der Waals surface area contributed by atoms with Crippen molar-refractivity contribution in [3.05, 3.63) is 28.0 Å². The van der Waals surface area contributed by atoms with E-state index in [4.69, 9.17) is 4.74 Å². The summed E-state index contributed by atoms with van der Waals surface area (Å²) in [6.45, 7) is 8.56. The molecule has 1 aliphatic heterocycles. The van der Waals surface area contributed by atoms with Crippen LogP contribution in [-0.2, 0) is 4.74 Å². The molecule has 4 nitrogen and oxygen atoms in total. The molecule has 1 saturated heterocycles. The van der Waals surface area contributed by atoms with Crippen molar-refractivity contribution in [1.82, 2.24) is 4.90 Å². The van der Waals surface area contributed by atoms with Crippen LogP contribution in [0.15, 0.2) is 16.6 Å². The Morgan fingerprint density at radius 2 is 2.05 bits per heavy atom. The molecule has 0 atom stereocenters. The Labute approximate surface area is 132 Å². The lowest BCUT2D eigenvalue weighted by molar-refractivity contribution is 0.0105. The zero-order chi connectivity index (χ0) is 15.8. The second kappa shape index (κ2) is 5.83. The highest BCUT2D eigenvalue weighted by molar-refractivity contribution is 9.10. The van der Waals surface area contributed by atoms with Crippen LogP contribution in [0.3, 0.4) is 0 Å². The number of benzene rings is 1. The Hall–Kier alpha value is -1.30. The normalized spacial score (nSPS) is 15.6. The standard InChI is InChI=1S/C15H20BrFN2O2/c1-9-5-11(16)12(17)6-13(9)18-10-7-19(8-10)14(20)21-15(2,3)4/h5-6,10,18H,7-8H2,1-4H3. The molecule has 1 aromatic carbocycles. The second-order valence-corrected chi connectivity index (χ2v) is 7.16. The lowest BCUT2D eigenvalue weighted by Crippen LogP contribution is -2.58. The largest absolute Gasteiger partial charge is 0.444 e. The quantitative estimate of drug-likeness (QED) is 0.870. The predicted molar refractivity (Wildman–Crippen MR) is 84.1 cm³/mol. The van der Waals surface area contributed by atoms with Gasteiger partial charge in [0.1, 0.15) is 11.4 Å². The van der Waals surface area contributed by atoms with E-state index in [0.29, 0.717) is 17.6 Å². The highest BCUT2D eigenvalue weighted by Gasteiger charge is 2.33. The summed E-state index contributed by atoms with van der Waals surface area (Å²) < 4.78 is 19.3. The number of anilines is 1. The van der Waals surface area contributed by atoms with Crippen LogP contribution >= 0.6 is 15.9 Å². The monoisotopic (exact) mass is 358 g/mol. The van der Waals surface area contributed by atoms with Crippen molar-refractivity contribution in [1.29, 1.82) is 0 Å². The van der Waals surface area contributed by atoms with Crippen LogP contribution in [0.25, 0.3) is 0 Å². The minimum atomic E-state index is -0.485.